The number of nitrogens with zero attached hydrogens (tertiary/aromatic N) is 5. The standard InChI is InChI=1S/C21H28N6O/c1-3-9-27-10-8-19-18(20(27)28)15-22-21(24-19)23-16-4-6-17(7-5-16)26-13-11-25(2)12-14-26/h4-7,15H,3,8-14H2,1-2H3,(H,22,23,24). The van der Waals surface area contributed by atoms with Crippen LogP contribution in [0.25, 0.3) is 0 Å². The van der Waals surface area contributed by atoms with Gasteiger partial charge in [0.2, 0.25) is 5.95 Å². The van der Waals surface area contributed by atoms with Crippen molar-refractivity contribution in [3.63, 3.8) is 0 Å². The molecule has 1 saturated heterocycles. The van der Waals surface area contributed by atoms with Crippen molar-refractivity contribution in [3.05, 3.63) is 41.7 Å². The lowest BCUT2D eigenvalue weighted by Crippen LogP contribution is -2.44. The summed E-state index contributed by atoms with van der Waals surface area (Å²) in [6.07, 6.45) is 3.40. The molecule has 148 valence electrons. The molecule has 2 aliphatic heterocycles. The van der Waals surface area contributed by atoms with Crippen molar-refractivity contribution in [1.82, 2.24) is 19.8 Å². The Morgan fingerprint density at radius 1 is 1.07 bits per heavy atom. The number of rotatable bonds is 5. The van der Waals surface area contributed by atoms with Crippen LogP contribution in [0.3, 0.4) is 0 Å². The predicted octanol–water partition coefficient (Wildman–Crippen LogP) is 2.38. The Bertz CT molecular complexity index is 829. The quantitative estimate of drug-likeness (QED) is 0.859. The van der Waals surface area contributed by atoms with E-state index < -0.39 is 0 Å². The van der Waals surface area contributed by atoms with Crippen molar-refractivity contribution >= 4 is 23.2 Å². The van der Waals surface area contributed by atoms with Crippen LogP contribution < -0.4 is 10.2 Å². The highest BCUT2D eigenvalue weighted by atomic mass is 16.2. The van der Waals surface area contributed by atoms with Gasteiger partial charge in [-0.3, -0.25) is 4.79 Å². The molecule has 3 heterocycles. The van der Waals surface area contributed by atoms with Gasteiger partial charge in [0.05, 0.1) is 11.3 Å². The molecule has 28 heavy (non-hydrogen) atoms. The summed E-state index contributed by atoms with van der Waals surface area (Å²) in [4.78, 5) is 28.1. The van der Waals surface area contributed by atoms with Crippen molar-refractivity contribution in [1.29, 1.82) is 0 Å². The maximum Gasteiger partial charge on any atom is 0.257 e. The number of fused-ring (bicyclic) bond motifs is 1. The van der Waals surface area contributed by atoms with E-state index in [4.69, 9.17) is 0 Å². The van der Waals surface area contributed by atoms with Crippen LogP contribution in [0.2, 0.25) is 0 Å². The Hall–Kier alpha value is -2.67. The molecule has 4 rings (SSSR count). The topological polar surface area (TPSA) is 64.6 Å². The van der Waals surface area contributed by atoms with Crippen molar-refractivity contribution in [2.24, 2.45) is 0 Å². The molecule has 7 nitrogen and oxygen atoms in total. The van der Waals surface area contributed by atoms with Gasteiger partial charge in [-0.2, -0.15) is 0 Å². The first-order valence-corrected chi connectivity index (χ1v) is 10.1. The zero-order valence-electron chi connectivity index (χ0n) is 16.7. The number of carbonyl (C=O) groups is 1. The number of amides is 1. The summed E-state index contributed by atoms with van der Waals surface area (Å²) >= 11 is 0. The minimum absolute atomic E-state index is 0.0474. The number of aromatic nitrogens is 2. The van der Waals surface area contributed by atoms with E-state index in [1.165, 1.54) is 5.69 Å². The fourth-order valence-corrected chi connectivity index (χ4v) is 3.79. The van der Waals surface area contributed by atoms with E-state index in [0.717, 1.165) is 63.5 Å². The largest absolute Gasteiger partial charge is 0.369 e. The van der Waals surface area contributed by atoms with Gasteiger partial charge in [-0.15, -0.1) is 0 Å². The Labute approximate surface area is 166 Å². The molecule has 1 amide bonds. The van der Waals surface area contributed by atoms with Crippen molar-refractivity contribution < 1.29 is 4.79 Å². The molecule has 0 spiro atoms. The fourth-order valence-electron chi connectivity index (χ4n) is 3.79. The van der Waals surface area contributed by atoms with Crippen molar-refractivity contribution in [2.75, 3.05) is 56.5 Å². The summed E-state index contributed by atoms with van der Waals surface area (Å²) in [6, 6.07) is 8.39. The molecule has 0 saturated carbocycles. The third kappa shape index (κ3) is 3.94. The van der Waals surface area contributed by atoms with Crippen molar-refractivity contribution in [2.45, 2.75) is 19.8 Å². The number of carbonyl (C=O) groups excluding carboxylic acids is 1. The number of likely N-dealkylation sites (N-methyl/N-ethyl adjacent to an activating group) is 1. The first-order chi connectivity index (χ1) is 13.6. The molecule has 2 aromatic rings. The Morgan fingerprint density at radius 2 is 1.82 bits per heavy atom. The Morgan fingerprint density at radius 3 is 2.54 bits per heavy atom. The lowest BCUT2D eigenvalue weighted by atomic mass is 10.1. The van der Waals surface area contributed by atoms with Crippen LogP contribution >= 0.6 is 0 Å². The van der Waals surface area contributed by atoms with Gasteiger partial charge in [-0.25, -0.2) is 9.97 Å². The van der Waals surface area contributed by atoms with Crippen molar-refractivity contribution in [3.8, 4) is 0 Å². The van der Waals surface area contributed by atoms with Gasteiger partial charge in [0, 0.05) is 63.3 Å². The Kier molecular flexibility index (Phi) is 5.43. The lowest BCUT2D eigenvalue weighted by Gasteiger charge is -2.34. The van der Waals surface area contributed by atoms with Crippen LogP contribution in [0.15, 0.2) is 30.5 Å². The van der Waals surface area contributed by atoms with Gasteiger partial charge in [-0.1, -0.05) is 6.92 Å². The second-order valence-electron chi connectivity index (χ2n) is 7.56. The highest BCUT2D eigenvalue weighted by molar-refractivity contribution is 5.96. The number of benzene rings is 1. The summed E-state index contributed by atoms with van der Waals surface area (Å²) < 4.78 is 0. The molecule has 1 aromatic carbocycles. The van der Waals surface area contributed by atoms with Crippen LogP contribution in [-0.4, -0.2) is 72.0 Å². The van der Waals surface area contributed by atoms with Gasteiger partial charge in [-0.05, 0) is 37.7 Å². The molecule has 0 aliphatic carbocycles. The van der Waals surface area contributed by atoms with Gasteiger partial charge >= 0.3 is 0 Å². The molecular weight excluding hydrogens is 352 g/mol. The molecule has 1 fully saturated rings. The molecule has 1 N–H and O–H groups in total. The second-order valence-corrected chi connectivity index (χ2v) is 7.56. The smallest absolute Gasteiger partial charge is 0.257 e. The third-order valence-electron chi connectivity index (χ3n) is 5.49. The van der Waals surface area contributed by atoms with E-state index in [2.05, 4.69) is 63.3 Å². The number of nitrogens with one attached hydrogen (secondary N) is 1. The van der Waals surface area contributed by atoms with Gasteiger partial charge in [0.25, 0.3) is 5.91 Å². The highest BCUT2D eigenvalue weighted by Gasteiger charge is 2.25. The molecule has 1 aromatic heterocycles. The minimum atomic E-state index is 0.0474. The normalized spacial score (nSPS) is 17.6. The van der Waals surface area contributed by atoms with E-state index in [-0.39, 0.29) is 5.91 Å². The zero-order valence-corrected chi connectivity index (χ0v) is 16.7. The minimum Gasteiger partial charge on any atom is -0.369 e. The second kappa shape index (κ2) is 8.14. The van der Waals surface area contributed by atoms with Crippen LogP contribution in [-0.2, 0) is 6.42 Å². The predicted molar refractivity (Wildman–Crippen MR) is 111 cm³/mol. The molecule has 0 unspecified atom stereocenters. The van der Waals surface area contributed by atoms with Crippen LogP contribution in [0.5, 0.6) is 0 Å². The van der Waals surface area contributed by atoms with Crippen LogP contribution in [0.4, 0.5) is 17.3 Å². The average Bonchev–Trinajstić information content (AvgIpc) is 2.71. The highest BCUT2D eigenvalue weighted by Crippen LogP contribution is 2.23. The van der Waals surface area contributed by atoms with E-state index in [0.29, 0.717) is 11.5 Å². The van der Waals surface area contributed by atoms with Gasteiger partial charge < -0.3 is 20.0 Å². The van der Waals surface area contributed by atoms with E-state index >= 15 is 0 Å². The third-order valence-corrected chi connectivity index (χ3v) is 5.49. The summed E-state index contributed by atoms with van der Waals surface area (Å²) in [5, 5.41) is 3.27. The maximum absolute atomic E-state index is 12.5. The summed E-state index contributed by atoms with van der Waals surface area (Å²) in [5.74, 6) is 0.592. The summed E-state index contributed by atoms with van der Waals surface area (Å²) in [6.45, 7) is 7.91. The van der Waals surface area contributed by atoms with Crippen LogP contribution in [0, 0.1) is 0 Å². The fraction of sp³-hybridized carbons (Fsp3) is 0.476. The van der Waals surface area contributed by atoms with E-state index in [1.54, 1.807) is 6.20 Å². The van der Waals surface area contributed by atoms with Gasteiger partial charge in [0.1, 0.15) is 0 Å². The summed E-state index contributed by atoms with van der Waals surface area (Å²) in [7, 11) is 2.16. The SMILES string of the molecule is CCCN1CCc2nc(Nc3ccc(N4CCN(C)CC4)cc3)ncc2C1=O. The number of piperazine rings is 1. The Balaban J connectivity index is 1.43. The molecular formula is C21H28N6O. The molecule has 0 bridgehead atoms. The van der Waals surface area contributed by atoms with E-state index in [9.17, 15) is 4.79 Å². The van der Waals surface area contributed by atoms with Gasteiger partial charge in [0.15, 0.2) is 0 Å². The average molecular weight is 380 g/mol. The van der Waals surface area contributed by atoms with E-state index in [1.807, 2.05) is 4.90 Å². The maximum atomic E-state index is 12.5. The number of hydrogen-bond acceptors (Lipinski definition) is 6. The summed E-state index contributed by atoms with van der Waals surface area (Å²) in [5.41, 5.74) is 3.67. The molecule has 0 atom stereocenters. The monoisotopic (exact) mass is 380 g/mol. The molecule has 0 radical (unpaired) electrons. The first kappa shape index (κ1) is 18.7. The lowest BCUT2D eigenvalue weighted by molar-refractivity contribution is 0.0737. The molecule has 7 heteroatoms. The molecule has 2 aliphatic rings. The number of anilines is 3. The number of hydrogen-bond donors (Lipinski definition) is 1. The zero-order chi connectivity index (χ0) is 19.5. The first-order valence-electron chi connectivity index (χ1n) is 10.1. The van der Waals surface area contributed by atoms with Crippen LogP contribution in [0.1, 0.15) is 29.4 Å².